The van der Waals surface area contributed by atoms with E-state index in [9.17, 15) is 8.42 Å². The zero-order chi connectivity index (χ0) is 17.0. The molecule has 2 fully saturated rings. The maximum Gasteiger partial charge on any atom is 0.235 e. The lowest BCUT2D eigenvalue weighted by Crippen LogP contribution is -2.36. The van der Waals surface area contributed by atoms with Gasteiger partial charge in [0.1, 0.15) is 0 Å². The monoisotopic (exact) mass is 352 g/mol. The molecule has 6 heteroatoms. The van der Waals surface area contributed by atoms with Crippen molar-refractivity contribution in [1.82, 2.24) is 0 Å². The smallest absolute Gasteiger partial charge is 0.235 e. The van der Waals surface area contributed by atoms with Gasteiger partial charge in [0, 0.05) is 31.6 Å². The fourth-order valence-corrected chi connectivity index (χ4v) is 5.30. The predicted molar refractivity (Wildman–Crippen MR) is 98.1 cm³/mol. The molecule has 0 unspecified atom stereocenters. The minimum absolute atomic E-state index is 0.237. The average Bonchev–Trinajstić information content (AvgIpc) is 2.63. The summed E-state index contributed by atoms with van der Waals surface area (Å²) in [5, 5.41) is -0.237. The zero-order valence-corrected chi connectivity index (χ0v) is 15.2. The molecule has 1 aromatic rings. The van der Waals surface area contributed by atoms with Gasteiger partial charge in [-0.3, -0.25) is 4.72 Å². The summed E-state index contributed by atoms with van der Waals surface area (Å²) in [6.07, 6.45) is 7.18. The van der Waals surface area contributed by atoms with Crippen LogP contribution in [0, 0.1) is 0 Å². The Morgan fingerprint density at radius 2 is 1.62 bits per heavy atom. The number of sulfonamides is 1. The van der Waals surface area contributed by atoms with Gasteiger partial charge >= 0.3 is 0 Å². The first-order valence-corrected chi connectivity index (χ1v) is 10.5. The lowest BCUT2D eigenvalue weighted by Gasteiger charge is -2.33. The van der Waals surface area contributed by atoms with Crippen LogP contribution in [0.3, 0.4) is 0 Å². The fourth-order valence-electron chi connectivity index (χ4n) is 3.71. The number of benzene rings is 1. The van der Waals surface area contributed by atoms with Crippen LogP contribution in [0.1, 0.15) is 44.9 Å². The molecule has 1 aliphatic carbocycles. The van der Waals surface area contributed by atoms with E-state index < -0.39 is 10.0 Å². The molecule has 1 aliphatic heterocycles. The van der Waals surface area contributed by atoms with Gasteiger partial charge in [0.2, 0.25) is 10.0 Å². The number of nitrogens with one attached hydrogen (secondary N) is 1. The van der Waals surface area contributed by atoms with E-state index >= 15 is 0 Å². The molecular formula is C18H28N2O3S. The van der Waals surface area contributed by atoms with E-state index in [0.717, 1.165) is 63.7 Å². The highest BCUT2D eigenvalue weighted by molar-refractivity contribution is 7.93. The Hall–Kier alpha value is -1.27. The summed E-state index contributed by atoms with van der Waals surface area (Å²) in [6, 6.07) is 7.76. The molecule has 0 amide bonds. The molecule has 0 aromatic heterocycles. The van der Waals surface area contributed by atoms with Gasteiger partial charge in [-0.25, -0.2) is 8.42 Å². The summed E-state index contributed by atoms with van der Waals surface area (Å²) >= 11 is 0. The second kappa shape index (κ2) is 7.74. The predicted octanol–water partition coefficient (Wildman–Crippen LogP) is 3.38. The number of nitrogens with zero attached hydrogens (tertiary/aromatic N) is 1. The number of hydrogen-bond acceptors (Lipinski definition) is 4. The second-order valence-electron chi connectivity index (χ2n) is 6.88. The molecular weight excluding hydrogens is 324 g/mol. The first-order chi connectivity index (χ1) is 11.6. The maximum atomic E-state index is 12.5. The van der Waals surface area contributed by atoms with Crippen molar-refractivity contribution in [3.8, 4) is 0 Å². The Labute approximate surface area is 145 Å². The van der Waals surface area contributed by atoms with E-state index in [1.807, 2.05) is 24.3 Å². The van der Waals surface area contributed by atoms with E-state index in [-0.39, 0.29) is 5.25 Å². The van der Waals surface area contributed by atoms with E-state index in [1.54, 1.807) is 7.11 Å². The van der Waals surface area contributed by atoms with Gasteiger partial charge < -0.3 is 9.64 Å². The van der Waals surface area contributed by atoms with Crippen LogP contribution in [0.5, 0.6) is 0 Å². The second-order valence-corrected chi connectivity index (χ2v) is 8.84. The van der Waals surface area contributed by atoms with Crippen molar-refractivity contribution >= 4 is 21.4 Å². The number of anilines is 2. The van der Waals surface area contributed by atoms with Crippen LogP contribution in [-0.2, 0) is 14.8 Å². The normalized spacial score (nSPS) is 21.0. The fraction of sp³-hybridized carbons (Fsp3) is 0.667. The molecule has 0 atom stereocenters. The molecule has 1 saturated heterocycles. The molecule has 0 spiro atoms. The highest BCUT2D eigenvalue weighted by atomic mass is 32.2. The third kappa shape index (κ3) is 4.22. The van der Waals surface area contributed by atoms with Crippen molar-refractivity contribution in [3.63, 3.8) is 0 Å². The van der Waals surface area contributed by atoms with E-state index in [1.165, 1.54) is 0 Å². The van der Waals surface area contributed by atoms with Gasteiger partial charge in [-0.1, -0.05) is 19.3 Å². The van der Waals surface area contributed by atoms with Gasteiger partial charge in [0.15, 0.2) is 0 Å². The van der Waals surface area contributed by atoms with Crippen LogP contribution in [0.4, 0.5) is 11.4 Å². The van der Waals surface area contributed by atoms with Crippen molar-refractivity contribution < 1.29 is 13.2 Å². The van der Waals surface area contributed by atoms with Gasteiger partial charge in [0.05, 0.1) is 11.4 Å². The molecule has 3 rings (SSSR count). The topological polar surface area (TPSA) is 58.6 Å². The SMILES string of the molecule is COC1CCN(c2ccc(NS(=O)(=O)C3CCCCC3)cc2)CC1. The lowest BCUT2D eigenvalue weighted by molar-refractivity contribution is 0.0819. The van der Waals surface area contributed by atoms with Crippen LogP contribution in [0.2, 0.25) is 0 Å². The van der Waals surface area contributed by atoms with Crippen LogP contribution in [0.25, 0.3) is 0 Å². The zero-order valence-electron chi connectivity index (χ0n) is 14.4. The summed E-state index contributed by atoms with van der Waals surface area (Å²) in [4.78, 5) is 2.33. The van der Waals surface area contributed by atoms with Crippen LogP contribution in [-0.4, -0.2) is 40.0 Å². The molecule has 134 valence electrons. The minimum Gasteiger partial charge on any atom is -0.381 e. The molecule has 5 nitrogen and oxygen atoms in total. The standard InChI is InChI=1S/C18H28N2O3S/c1-23-17-11-13-20(14-12-17)16-9-7-15(8-10-16)19-24(21,22)18-5-3-2-4-6-18/h7-10,17-19H,2-6,11-14H2,1H3. The third-order valence-electron chi connectivity index (χ3n) is 5.26. The summed E-state index contributed by atoms with van der Waals surface area (Å²) in [5.74, 6) is 0. The summed E-state index contributed by atoms with van der Waals surface area (Å²) < 4.78 is 33.1. The van der Waals surface area contributed by atoms with Gasteiger partial charge in [0.25, 0.3) is 0 Å². The quantitative estimate of drug-likeness (QED) is 0.883. The number of piperidine rings is 1. The van der Waals surface area contributed by atoms with Gasteiger partial charge in [-0.15, -0.1) is 0 Å². The lowest BCUT2D eigenvalue weighted by atomic mass is 10.0. The Morgan fingerprint density at radius 3 is 2.21 bits per heavy atom. The van der Waals surface area contributed by atoms with E-state index in [4.69, 9.17) is 4.74 Å². The number of hydrogen-bond donors (Lipinski definition) is 1. The number of methoxy groups -OCH3 is 1. The van der Waals surface area contributed by atoms with E-state index in [0.29, 0.717) is 11.8 Å². The Kier molecular flexibility index (Phi) is 5.66. The highest BCUT2D eigenvalue weighted by Crippen LogP contribution is 2.27. The van der Waals surface area contributed by atoms with E-state index in [2.05, 4.69) is 9.62 Å². The van der Waals surface area contributed by atoms with Crippen LogP contribution >= 0.6 is 0 Å². The van der Waals surface area contributed by atoms with Crippen molar-refractivity contribution in [3.05, 3.63) is 24.3 Å². The molecule has 1 N–H and O–H groups in total. The Balaban J connectivity index is 1.60. The molecule has 1 saturated carbocycles. The first kappa shape index (κ1) is 17.5. The first-order valence-electron chi connectivity index (χ1n) is 8.98. The summed E-state index contributed by atoms with van der Waals surface area (Å²) in [5.41, 5.74) is 1.81. The molecule has 2 aliphatic rings. The van der Waals surface area contributed by atoms with Crippen molar-refractivity contribution in [2.24, 2.45) is 0 Å². The summed E-state index contributed by atoms with van der Waals surface area (Å²) in [6.45, 7) is 1.96. The largest absolute Gasteiger partial charge is 0.381 e. The minimum atomic E-state index is -3.26. The molecule has 1 aromatic carbocycles. The molecule has 0 radical (unpaired) electrons. The average molecular weight is 353 g/mol. The molecule has 0 bridgehead atoms. The Morgan fingerprint density at radius 1 is 1.00 bits per heavy atom. The third-order valence-corrected chi connectivity index (χ3v) is 7.13. The van der Waals surface area contributed by atoms with Crippen molar-refractivity contribution in [1.29, 1.82) is 0 Å². The summed E-state index contributed by atoms with van der Waals surface area (Å²) in [7, 11) is -1.49. The Bertz CT molecular complexity index is 616. The van der Waals surface area contributed by atoms with Crippen LogP contribution in [0.15, 0.2) is 24.3 Å². The van der Waals surface area contributed by atoms with Crippen molar-refractivity contribution in [2.45, 2.75) is 56.3 Å². The molecule has 24 heavy (non-hydrogen) atoms. The van der Waals surface area contributed by atoms with Gasteiger partial charge in [-0.05, 0) is 49.9 Å². The van der Waals surface area contributed by atoms with Crippen LogP contribution < -0.4 is 9.62 Å². The highest BCUT2D eigenvalue weighted by Gasteiger charge is 2.27. The van der Waals surface area contributed by atoms with Gasteiger partial charge in [-0.2, -0.15) is 0 Å². The van der Waals surface area contributed by atoms with Crippen molar-refractivity contribution in [2.75, 3.05) is 29.8 Å². The number of rotatable bonds is 5. The maximum absolute atomic E-state index is 12.5. The molecule has 1 heterocycles. The number of ether oxygens (including phenoxy) is 1.